The Labute approximate surface area is 123 Å². The Kier molecular flexibility index (Phi) is 3.83. The van der Waals surface area contributed by atoms with Gasteiger partial charge >= 0.3 is 5.97 Å². The van der Waals surface area contributed by atoms with Crippen LogP contribution in [0.1, 0.15) is 42.5 Å². The van der Waals surface area contributed by atoms with Gasteiger partial charge in [-0.05, 0) is 36.2 Å². The molecule has 6 heteroatoms. The number of nitrogens with two attached hydrogens (primary N) is 1. The first-order valence-electron chi connectivity index (χ1n) is 7.29. The normalized spacial score (nSPS) is 26.1. The molecule has 0 amide bonds. The van der Waals surface area contributed by atoms with E-state index in [0.29, 0.717) is 11.4 Å². The predicted octanol–water partition coefficient (Wildman–Crippen LogP) is 2.53. The second-order valence-corrected chi connectivity index (χ2v) is 6.53. The second-order valence-electron chi connectivity index (χ2n) is 5.78. The first kappa shape index (κ1) is 13.7. The molecule has 2 fully saturated rings. The van der Waals surface area contributed by atoms with Gasteiger partial charge in [-0.1, -0.05) is 19.3 Å². The van der Waals surface area contributed by atoms with Gasteiger partial charge in [0.2, 0.25) is 0 Å². The summed E-state index contributed by atoms with van der Waals surface area (Å²) in [5.41, 5.74) is 6.28. The number of ether oxygens (including phenoxy) is 1. The fourth-order valence-electron chi connectivity index (χ4n) is 3.59. The maximum atomic E-state index is 11.9. The summed E-state index contributed by atoms with van der Waals surface area (Å²) in [4.78, 5) is 14.2. The SMILES string of the molecule is COC(=O)c1c(N)nsc1N1CCC2CCCCC2C1. The van der Waals surface area contributed by atoms with Crippen LogP contribution in [-0.2, 0) is 4.74 Å². The minimum atomic E-state index is -0.378. The van der Waals surface area contributed by atoms with E-state index in [1.54, 1.807) is 0 Å². The van der Waals surface area contributed by atoms with Crippen LogP contribution in [0, 0.1) is 11.8 Å². The Hall–Kier alpha value is -1.30. The molecule has 20 heavy (non-hydrogen) atoms. The van der Waals surface area contributed by atoms with E-state index >= 15 is 0 Å². The van der Waals surface area contributed by atoms with Gasteiger partial charge in [0.1, 0.15) is 10.6 Å². The highest BCUT2D eigenvalue weighted by Gasteiger charge is 2.34. The highest BCUT2D eigenvalue weighted by Crippen LogP contribution is 2.40. The van der Waals surface area contributed by atoms with E-state index in [4.69, 9.17) is 10.5 Å². The summed E-state index contributed by atoms with van der Waals surface area (Å²) in [6, 6.07) is 0. The molecule has 1 aromatic heterocycles. The van der Waals surface area contributed by atoms with Crippen molar-refractivity contribution in [1.29, 1.82) is 0 Å². The summed E-state index contributed by atoms with van der Waals surface area (Å²) in [5.74, 6) is 1.54. The molecule has 5 nitrogen and oxygen atoms in total. The van der Waals surface area contributed by atoms with Gasteiger partial charge in [0.05, 0.1) is 7.11 Å². The Morgan fingerprint density at radius 1 is 1.35 bits per heavy atom. The molecular weight excluding hydrogens is 274 g/mol. The van der Waals surface area contributed by atoms with E-state index in [9.17, 15) is 4.79 Å². The van der Waals surface area contributed by atoms with Crippen LogP contribution in [0.25, 0.3) is 0 Å². The van der Waals surface area contributed by atoms with Crippen molar-refractivity contribution in [3.63, 3.8) is 0 Å². The number of carbonyl (C=O) groups is 1. The van der Waals surface area contributed by atoms with Crippen LogP contribution in [0.2, 0.25) is 0 Å². The van der Waals surface area contributed by atoms with E-state index in [-0.39, 0.29) is 5.97 Å². The summed E-state index contributed by atoms with van der Waals surface area (Å²) < 4.78 is 8.98. The molecule has 2 atom stereocenters. The topological polar surface area (TPSA) is 68.5 Å². The zero-order valence-electron chi connectivity index (χ0n) is 11.8. The third kappa shape index (κ3) is 2.37. The standard InChI is InChI=1S/C14H21N3O2S/c1-19-14(18)11-12(15)16-20-13(11)17-7-6-9-4-2-3-5-10(9)8-17/h9-10H,2-8H2,1H3,(H2,15,16). The maximum Gasteiger partial charge on any atom is 0.344 e. The molecule has 0 spiro atoms. The number of aromatic nitrogens is 1. The lowest BCUT2D eigenvalue weighted by Crippen LogP contribution is -2.42. The van der Waals surface area contributed by atoms with E-state index < -0.39 is 0 Å². The van der Waals surface area contributed by atoms with Crippen LogP contribution in [0.3, 0.4) is 0 Å². The fourth-order valence-corrected chi connectivity index (χ4v) is 4.42. The third-order valence-electron chi connectivity index (χ3n) is 4.67. The molecule has 1 saturated carbocycles. The number of esters is 1. The minimum Gasteiger partial charge on any atom is -0.465 e. The average Bonchev–Trinajstić information content (AvgIpc) is 2.87. The predicted molar refractivity (Wildman–Crippen MR) is 80.1 cm³/mol. The number of nitrogen functional groups attached to an aromatic ring is 1. The van der Waals surface area contributed by atoms with Gasteiger partial charge in [0.25, 0.3) is 0 Å². The molecule has 2 unspecified atom stereocenters. The number of carbonyl (C=O) groups excluding carboxylic acids is 1. The Balaban J connectivity index is 1.81. The zero-order chi connectivity index (χ0) is 14.1. The van der Waals surface area contributed by atoms with Crippen molar-refractivity contribution >= 4 is 28.3 Å². The molecule has 1 aliphatic heterocycles. The summed E-state index contributed by atoms with van der Waals surface area (Å²) in [5, 5.41) is 0.887. The number of anilines is 2. The second kappa shape index (κ2) is 5.60. The molecule has 0 bridgehead atoms. The van der Waals surface area contributed by atoms with Crippen molar-refractivity contribution in [1.82, 2.24) is 4.37 Å². The largest absolute Gasteiger partial charge is 0.465 e. The first-order chi connectivity index (χ1) is 9.70. The van der Waals surface area contributed by atoms with Gasteiger partial charge in [0, 0.05) is 13.1 Å². The van der Waals surface area contributed by atoms with Crippen molar-refractivity contribution in [2.45, 2.75) is 32.1 Å². The molecule has 0 radical (unpaired) electrons. The van der Waals surface area contributed by atoms with Crippen molar-refractivity contribution in [3.05, 3.63) is 5.56 Å². The highest BCUT2D eigenvalue weighted by atomic mass is 32.1. The van der Waals surface area contributed by atoms with Crippen LogP contribution >= 0.6 is 11.5 Å². The first-order valence-corrected chi connectivity index (χ1v) is 8.06. The molecule has 0 aromatic carbocycles. The highest BCUT2D eigenvalue weighted by molar-refractivity contribution is 7.11. The Bertz CT molecular complexity index is 503. The molecule has 2 N–H and O–H groups in total. The van der Waals surface area contributed by atoms with E-state index in [0.717, 1.165) is 29.9 Å². The Morgan fingerprint density at radius 3 is 2.85 bits per heavy atom. The minimum absolute atomic E-state index is 0.294. The zero-order valence-corrected chi connectivity index (χ0v) is 12.6. The smallest absolute Gasteiger partial charge is 0.344 e. The van der Waals surface area contributed by atoms with Crippen LogP contribution in [0.5, 0.6) is 0 Å². The number of hydrogen-bond acceptors (Lipinski definition) is 6. The summed E-state index contributed by atoms with van der Waals surface area (Å²) in [7, 11) is 1.39. The van der Waals surface area contributed by atoms with Crippen molar-refractivity contribution < 1.29 is 9.53 Å². The molecule has 110 valence electrons. The summed E-state index contributed by atoms with van der Waals surface area (Å²) >= 11 is 1.32. The van der Waals surface area contributed by atoms with E-state index in [1.165, 1.54) is 50.7 Å². The van der Waals surface area contributed by atoms with Gasteiger partial charge < -0.3 is 15.4 Å². The lowest BCUT2D eigenvalue weighted by Gasteiger charge is -2.41. The lowest BCUT2D eigenvalue weighted by atomic mass is 9.75. The van der Waals surface area contributed by atoms with Crippen molar-refractivity contribution in [3.8, 4) is 0 Å². The molecular formula is C14H21N3O2S. The van der Waals surface area contributed by atoms with Crippen molar-refractivity contribution in [2.75, 3.05) is 30.8 Å². The van der Waals surface area contributed by atoms with Gasteiger partial charge in [0.15, 0.2) is 5.82 Å². The number of fused-ring (bicyclic) bond motifs is 1. The molecule has 1 aliphatic carbocycles. The number of piperidine rings is 1. The summed E-state index contributed by atoms with van der Waals surface area (Å²) in [6.07, 6.45) is 6.60. The number of hydrogen-bond donors (Lipinski definition) is 1. The molecule has 1 aromatic rings. The number of rotatable bonds is 2. The van der Waals surface area contributed by atoms with Crippen LogP contribution in [0.15, 0.2) is 0 Å². The molecule has 2 heterocycles. The average molecular weight is 295 g/mol. The molecule has 2 aliphatic rings. The molecule has 1 saturated heterocycles. The lowest BCUT2D eigenvalue weighted by molar-refractivity contribution is 0.0602. The van der Waals surface area contributed by atoms with Crippen LogP contribution < -0.4 is 10.6 Å². The maximum absolute atomic E-state index is 11.9. The van der Waals surface area contributed by atoms with E-state index in [2.05, 4.69) is 9.27 Å². The summed E-state index contributed by atoms with van der Waals surface area (Å²) in [6.45, 7) is 2.02. The third-order valence-corrected chi connectivity index (χ3v) is 5.59. The number of nitrogens with zero attached hydrogens (tertiary/aromatic N) is 2. The quantitative estimate of drug-likeness (QED) is 0.849. The van der Waals surface area contributed by atoms with Crippen LogP contribution in [0.4, 0.5) is 10.8 Å². The fraction of sp³-hybridized carbons (Fsp3) is 0.714. The van der Waals surface area contributed by atoms with Crippen LogP contribution in [-0.4, -0.2) is 30.5 Å². The van der Waals surface area contributed by atoms with Gasteiger partial charge in [-0.25, -0.2) is 4.79 Å². The Morgan fingerprint density at radius 2 is 2.10 bits per heavy atom. The monoisotopic (exact) mass is 295 g/mol. The van der Waals surface area contributed by atoms with E-state index in [1.807, 2.05) is 0 Å². The van der Waals surface area contributed by atoms with Crippen molar-refractivity contribution in [2.24, 2.45) is 11.8 Å². The van der Waals surface area contributed by atoms with Gasteiger partial charge in [-0.3, -0.25) is 0 Å². The van der Waals surface area contributed by atoms with Gasteiger partial charge in [-0.15, -0.1) is 0 Å². The van der Waals surface area contributed by atoms with Gasteiger partial charge in [-0.2, -0.15) is 4.37 Å². The molecule has 3 rings (SSSR count). The number of methoxy groups -OCH3 is 1.